The largest absolute Gasteiger partial charge is 0.420 e. The Morgan fingerprint density at radius 1 is 1.62 bits per heavy atom. The Morgan fingerprint density at radius 3 is 3.08 bits per heavy atom. The van der Waals surface area contributed by atoms with Crippen LogP contribution in [0.4, 0.5) is 0 Å². The SMILES string of the molecule is Nn1[nH]c(Cl)c[s+](-c2ccco2)[nH]1. The van der Waals surface area contributed by atoms with E-state index in [0.717, 1.165) is 5.09 Å². The monoisotopic (exact) mass is 219 g/mol. The lowest BCUT2D eigenvalue weighted by molar-refractivity contribution is 0.592. The highest BCUT2D eigenvalue weighted by Gasteiger charge is 2.12. The Bertz CT molecular complexity index is 398. The molecule has 2 aromatic heterocycles. The van der Waals surface area contributed by atoms with Crippen molar-refractivity contribution in [2.24, 2.45) is 0 Å². The summed E-state index contributed by atoms with van der Waals surface area (Å²) < 4.78 is 8.13. The van der Waals surface area contributed by atoms with E-state index in [1.807, 2.05) is 12.1 Å². The van der Waals surface area contributed by atoms with Crippen LogP contribution in [0, 0.1) is 0 Å². The molecule has 0 fully saturated rings. The number of H-pyrrole nitrogens is 2. The normalized spacial score (nSPS) is 11.6. The first-order chi connectivity index (χ1) is 6.25. The number of aromatic amines is 2. The van der Waals surface area contributed by atoms with Crippen LogP contribution >= 0.6 is 22.3 Å². The van der Waals surface area contributed by atoms with Gasteiger partial charge >= 0.3 is 5.09 Å². The van der Waals surface area contributed by atoms with E-state index in [2.05, 4.69) is 9.59 Å². The summed E-state index contributed by atoms with van der Waals surface area (Å²) in [5, 5.41) is 5.72. The summed E-state index contributed by atoms with van der Waals surface area (Å²) in [6.45, 7) is 0. The van der Waals surface area contributed by atoms with E-state index < -0.39 is 10.7 Å². The quantitative estimate of drug-likeness (QED) is 0.507. The van der Waals surface area contributed by atoms with Gasteiger partial charge < -0.3 is 10.3 Å². The molecule has 0 aliphatic carbocycles. The van der Waals surface area contributed by atoms with Crippen molar-refractivity contribution in [2.45, 2.75) is 0 Å². The molecule has 0 saturated carbocycles. The van der Waals surface area contributed by atoms with Gasteiger partial charge in [0.05, 0.1) is 6.26 Å². The minimum atomic E-state index is -0.409. The van der Waals surface area contributed by atoms with E-state index in [-0.39, 0.29) is 0 Å². The number of hydrogen-bond donors (Lipinski definition) is 3. The summed E-state index contributed by atoms with van der Waals surface area (Å²) in [4.78, 5) is 1.20. The molecule has 70 valence electrons. The molecule has 2 rings (SSSR count). The van der Waals surface area contributed by atoms with Crippen molar-refractivity contribution in [1.29, 1.82) is 0 Å². The second-order valence-corrected chi connectivity index (χ2v) is 4.21. The van der Waals surface area contributed by atoms with Crippen LogP contribution in [0.15, 0.2) is 28.2 Å². The maximum Gasteiger partial charge on any atom is 0.362 e. The lowest BCUT2D eigenvalue weighted by atomic mass is 10.7. The third kappa shape index (κ3) is 1.73. The van der Waals surface area contributed by atoms with Gasteiger partial charge in [0.1, 0.15) is 0 Å². The average molecular weight is 220 g/mol. The highest BCUT2D eigenvalue weighted by atomic mass is 35.5. The van der Waals surface area contributed by atoms with E-state index in [9.17, 15) is 0 Å². The molecule has 5 nitrogen and oxygen atoms in total. The first-order valence-electron chi connectivity index (χ1n) is 3.47. The molecule has 0 aliphatic heterocycles. The van der Waals surface area contributed by atoms with Crippen LogP contribution in [-0.2, 0) is 0 Å². The van der Waals surface area contributed by atoms with Crippen LogP contribution in [-0.4, -0.2) is 14.5 Å². The molecule has 13 heavy (non-hydrogen) atoms. The summed E-state index contributed by atoms with van der Waals surface area (Å²) in [5.74, 6) is 5.47. The second kappa shape index (κ2) is 3.23. The van der Waals surface area contributed by atoms with Gasteiger partial charge in [0.15, 0.2) is 15.8 Å². The van der Waals surface area contributed by atoms with E-state index in [1.54, 1.807) is 11.6 Å². The summed E-state index contributed by atoms with van der Waals surface area (Å²) in [7, 11) is -0.409. The smallest absolute Gasteiger partial charge is 0.362 e. The summed E-state index contributed by atoms with van der Waals surface area (Å²) in [5.41, 5.74) is 0. The maximum atomic E-state index is 5.78. The van der Waals surface area contributed by atoms with Crippen molar-refractivity contribution < 1.29 is 4.42 Å². The zero-order chi connectivity index (χ0) is 9.26. The van der Waals surface area contributed by atoms with Crippen molar-refractivity contribution in [3.63, 3.8) is 0 Å². The molecule has 0 aliphatic rings. The fourth-order valence-corrected chi connectivity index (χ4v) is 2.41. The van der Waals surface area contributed by atoms with Gasteiger partial charge in [-0.2, -0.15) is 0 Å². The Labute approximate surface area is 81.5 Å². The third-order valence-electron chi connectivity index (χ3n) is 1.36. The van der Waals surface area contributed by atoms with Crippen molar-refractivity contribution in [3.05, 3.63) is 28.9 Å². The van der Waals surface area contributed by atoms with Crippen LogP contribution in [0.3, 0.4) is 0 Å². The van der Waals surface area contributed by atoms with Crippen LogP contribution in [0.1, 0.15) is 0 Å². The molecule has 1 unspecified atom stereocenters. The van der Waals surface area contributed by atoms with Crippen LogP contribution in [0.2, 0.25) is 5.15 Å². The minimum absolute atomic E-state index is 0.409. The van der Waals surface area contributed by atoms with Crippen molar-refractivity contribution in [2.75, 3.05) is 5.84 Å². The molecule has 0 aromatic carbocycles. The summed E-state index contributed by atoms with van der Waals surface area (Å²) in [6.07, 6.45) is 1.61. The summed E-state index contributed by atoms with van der Waals surface area (Å²) in [6, 6.07) is 3.67. The van der Waals surface area contributed by atoms with E-state index in [0.29, 0.717) is 5.15 Å². The number of halogens is 1. The second-order valence-electron chi connectivity index (χ2n) is 2.31. The Morgan fingerprint density at radius 2 is 2.46 bits per heavy atom. The number of nitrogens with one attached hydrogen (secondary N) is 2. The molecule has 0 bridgehead atoms. The third-order valence-corrected chi connectivity index (χ3v) is 3.21. The molecule has 0 spiro atoms. The van der Waals surface area contributed by atoms with Gasteiger partial charge in [0.2, 0.25) is 5.38 Å². The maximum absolute atomic E-state index is 5.78. The summed E-state index contributed by atoms with van der Waals surface area (Å²) >= 11 is 5.78. The zero-order valence-corrected chi connectivity index (χ0v) is 8.10. The first kappa shape index (κ1) is 8.33. The highest BCUT2D eigenvalue weighted by molar-refractivity contribution is 7.32. The number of hydrogen-bond acceptors (Lipinski definition) is 2. The van der Waals surface area contributed by atoms with Crippen LogP contribution in [0.25, 0.3) is 5.09 Å². The molecule has 0 amide bonds. The Balaban J connectivity index is 2.53. The van der Waals surface area contributed by atoms with Gasteiger partial charge in [0.25, 0.3) is 0 Å². The van der Waals surface area contributed by atoms with Gasteiger partial charge in [-0.1, -0.05) is 21.0 Å². The lowest BCUT2D eigenvalue weighted by Crippen LogP contribution is -2.16. The predicted molar refractivity (Wildman–Crippen MR) is 52.0 cm³/mol. The average Bonchev–Trinajstić information content (AvgIpc) is 2.53. The first-order valence-corrected chi connectivity index (χ1v) is 5.14. The topological polar surface area (TPSA) is 75.7 Å². The predicted octanol–water partition coefficient (Wildman–Crippen LogP) is 1.97. The fourth-order valence-electron chi connectivity index (χ4n) is 0.892. The van der Waals surface area contributed by atoms with Crippen LogP contribution in [0.5, 0.6) is 0 Å². The Hall–Kier alpha value is -1.27. The number of rotatable bonds is 1. The highest BCUT2D eigenvalue weighted by Crippen LogP contribution is 2.27. The number of nitrogen functional groups attached to an aromatic ring is 1. The van der Waals surface area contributed by atoms with Crippen molar-refractivity contribution in [3.8, 4) is 5.09 Å². The molecule has 0 radical (unpaired) electrons. The molecule has 2 heterocycles. The number of nitrogens with two attached hydrogens (primary N) is 1. The number of nitrogens with zero attached hydrogens (tertiary/aromatic N) is 1. The van der Waals surface area contributed by atoms with Crippen molar-refractivity contribution in [1.82, 2.24) is 14.5 Å². The van der Waals surface area contributed by atoms with Gasteiger partial charge in [-0.3, -0.25) is 0 Å². The molecule has 1 atom stereocenters. The van der Waals surface area contributed by atoms with E-state index in [4.69, 9.17) is 21.9 Å². The van der Waals surface area contributed by atoms with E-state index >= 15 is 0 Å². The van der Waals surface area contributed by atoms with Crippen LogP contribution < -0.4 is 5.84 Å². The lowest BCUT2D eigenvalue weighted by Gasteiger charge is -1.96. The zero-order valence-electron chi connectivity index (χ0n) is 6.53. The van der Waals surface area contributed by atoms with Gasteiger partial charge in [-0.25, -0.2) is 5.10 Å². The fraction of sp³-hybridized carbons (Fsp3) is 0. The molecular formula is C6H8ClN4OS+. The van der Waals surface area contributed by atoms with Crippen molar-refractivity contribution >= 4 is 22.3 Å². The molecular weight excluding hydrogens is 212 g/mol. The molecule has 7 heteroatoms. The molecule has 0 saturated heterocycles. The van der Waals surface area contributed by atoms with E-state index in [1.165, 1.54) is 4.91 Å². The number of aromatic nitrogens is 3. The number of furan rings is 1. The Kier molecular flexibility index (Phi) is 2.07. The molecule has 2 aromatic rings. The van der Waals surface area contributed by atoms with Gasteiger partial charge in [0, 0.05) is 6.07 Å². The van der Waals surface area contributed by atoms with Gasteiger partial charge in [-0.15, -0.1) is 0 Å². The minimum Gasteiger partial charge on any atom is -0.420 e. The van der Waals surface area contributed by atoms with Gasteiger partial charge in [-0.05, 0) is 6.07 Å². The standard InChI is InChI=1S/C6H8ClN4OS/c7-5-4-13(10-11(8)9-5)6-2-1-3-12-6/h1-4,9-10H,8H2/q+1. The molecule has 4 N–H and O–H groups in total.